The maximum absolute atomic E-state index is 12.9. The van der Waals surface area contributed by atoms with Crippen molar-refractivity contribution in [3.63, 3.8) is 0 Å². The molecule has 0 saturated carbocycles. The molecule has 2 aromatic carbocycles. The minimum Gasteiger partial charge on any atom is -0.322 e. The lowest BCUT2D eigenvalue weighted by Crippen LogP contribution is -2.30. The Labute approximate surface area is 171 Å². The smallest absolute Gasteiger partial charge is 0.275 e. The number of hydrogen-bond donors (Lipinski definition) is 1. The average molecular weight is 415 g/mol. The molecule has 0 bridgehead atoms. The average Bonchev–Trinajstić information content (AvgIpc) is 3.35. The van der Waals surface area contributed by atoms with Gasteiger partial charge in [-0.05, 0) is 42.5 Å². The number of carbonyl (C=O) groups is 2. The molecule has 1 N–H and O–H groups in total. The predicted octanol–water partition coefficient (Wildman–Crippen LogP) is 3.42. The number of carbonyl (C=O) groups excluding carboxylic acids is 2. The largest absolute Gasteiger partial charge is 0.322 e. The van der Waals surface area contributed by atoms with Crippen LogP contribution >= 0.6 is 23.2 Å². The number of hydrogen-bond acceptors (Lipinski definition) is 4. The Hall–Kier alpha value is -2.67. The van der Waals surface area contributed by atoms with E-state index in [1.165, 1.54) is 0 Å². The summed E-state index contributed by atoms with van der Waals surface area (Å²) in [6, 6.07) is 15.9. The van der Waals surface area contributed by atoms with Crippen molar-refractivity contribution in [2.24, 2.45) is 0 Å². The van der Waals surface area contributed by atoms with E-state index in [0.717, 1.165) is 23.2 Å². The molecule has 1 aromatic heterocycles. The van der Waals surface area contributed by atoms with E-state index in [1.54, 1.807) is 33.8 Å². The minimum atomic E-state index is -0.352. The normalized spacial score (nSPS) is 16.4. The Balaban J connectivity index is 1.77. The molecular weight excluding hydrogens is 399 g/mol. The van der Waals surface area contributed by atoms with Crippen LogP contribution in [-0.4, -0.2) is 46.1 Å². The van der Waals surface area contributed by atoms with Crippen LogP contribution in [0.25, 0.3) is 16.9 Å². The molecule has 1 fully saturated rings. The van der Waals surface area contributed by atoms with E-state index in [4.69, 9.17) is 23.2 Å². The van der Waals surface area contributed by atoms with Crippen molar-refractivity contribution in [3.8, 4) is 16.9 Å². The van der Waals surface area contributed by atoms with Crippen molar-refractivity contribution < 1.29 is 9.59 Å². The van der Waals surface area contributed by atoms with Crippen LogP contribution in [-0.2, 0) is 4.79 Å². The fraction of sp³-hybridized carbons (Fsp3) is 0.150. The highest BCUT2D eigenvalue weighted by molar-refractivity contribution is 6.31. The molecule has 1 aliphatic heterocycles. The van der Waals surface area contributed by atoms with Gasteiger partial charge in [0.15, 0.2) is 5.69 Å². The fourth-order valence-corrected chi connectivity index (χ4v) is 3.44. The maximum atomic E-state index is 12.9. The number of rotatable bonds is 4. The summed E-state index contributed by atoms with van der Waals surface area (Å²) in [7, 11) is 0. The highest BCUT2D eigenvalue weighted by atomic mass is 35.5. The molecule has 0 aliphatic carbocycles. The lowest BCUT2D eigenvalue weighted by atomic mass is 10.1. The van der Waals surface area contributed by atoms with Crippen LogP contribution in [0.4, 0.5) is 0 Å². The first-order valence-electron chi connectivity index (χ1n) is 8.65. The number of aldehydes is 1. The molecule has 3 aromatic rings. The molecule has 8 heteroatoms. The van der Waals surface area contributed by atoms with Gasteiger partial charge in [-0.2, -0.15) is 5.10 Å². The van der Waals surface area contributed by atoms with Crippen LogP contribution in [0.3, 0.4) is 0 Å². The van der Waals surface area contributed by atoms with Gasteiger partial charge in [0.2, 0.25) is 0 Å². The van der Waals surface area contributed by atoms with Crippen LogP contribution in [0.1, 0.15) is 10.5 Å². The van der Waals surface area contributed by atoms with Gasteiger partial charge in [0, 0.05) is 22.2 Å². The molecule has 1 amide bonds. The number of benzene rings is 2. The summed E-state index contributed by atoms with van der Waals surface area (Å²) >= 11 is 12.2. The Morgan fingerprint density at radius 1 is 1.11 bits per heavy atom. The van der Waals surface area contributed by atoms with Crippen LogP contribution in [0.5, 0.6) is 0 Å². The molecule has 1 atom stereocenters. The van der Waals surface area contributed by atoms with Crippen molar-refractivity contribution in [2.45, 2.75) is 6.04 Å². The summed E-state index contributed by atoms with van der Waals surface area (Å²) in [5.74, 6) is -0.243. The van der Waals surface area contributed by atoms with E-state index in [0.29, 0.717) is 29.0 Å². The summed E-state index contributed by atoms with van der Waals surface area (Å²) in [4.78, 5) is 25.4. The number of nitrogens with zero attached hydrogens (tertiary/aromatic N) is 3. The number of nitrogens with one attached hydrogen (secondary N) is 1. The highest BCUT2D eigenvalue weighted by Crippen LogP contribution is 2.27. The molecule has 0 spiro atoms. The number of halogens is 2. The number of aromatic nitrogens is 2. The second-order valence-corrected chi connectivity index (χ2v) is 7.32. The third-order valence-electron chi connectivity index (χ3n) is 4.53. The molecule has 1 unspecified atom stereocenters. The summed E-state index contributed by atoms with van der Waals surface area (Å²) in [6.45, 7) is 0.630. The van der Waals surface area contributed by atoms with Crippen LogP contribution < -0.4 is 5.32 Å². The van der Waals surface area contributed by atoms with Crippen molar-refractivity contribution in [1.82, 2.24) is 20.0 Å². The van der Waals surface area contributed by atoms with Gasteiger partial charge in [0.05, 0.1) is 24.1 Å². The molecule has 142 valence electrons. The molecular formula is C20H16Cl2N4O2. The van der Waals surface area contributed by atoms with Gasteiger partial charge < -0.3 is 9.69 Å². The third-order valence-corrected chi connectivity index (χ3v) is 5.02. The first kappa shape index (κ1) is 18.7. The second-order valence-electron chi connectivity index (χ2n) is 6.45. The quantitative estimate of drug-likeness (QED) is 0.664. The first-order valence-corrected chi connectivity index (χ1v) is 9.40. The Kier molecular flexibility index (Phi) is 5.17. The number of amides is 1. The summed E-state index contributed by atoms with van der Waals surface area (Å²) in [5.41, 5.74) is 2.62. The third kappa shape index (κ3) is 3.67. The van der Waals surface area contributed by atoms with Gasteiger partial charge in [0.25, 0.3) is 5.91 Å². The van der Waals surface area contributed by atoms with Gasteiger partial charge in [-0.1, -0.05) is 35.3 Å². The first-order chi connectivity index (χ1) is 13.5. The van der Waals surface area contributed by atoms with Gasteiger partial charge in [-0.25, -0.2) is 4.68 Å². The van der Waals surface area contributed by atoms with E-state index in [1.807, 2.05) is 30.3 Å². The molecule has 1 aliphatic rings. The topological polar surface area (TPSA) is 67.2 Å². The Morgan fingerprint density at radius 2 is 1.89 bits per heavy atom. The highest BCUT2D eigenvalue weighted by Gasteiger charge is 2.28. The van der Waals surface area contributed by atoms with Gasteiger partial charge >= 0.3 is 0 Å². The standard InChI is InChI=1S/C20H16Cl2N4O2/c21-14-4-6-17(7-5-14)26-19(13-2-1-3-15(22)8-13)9-18(24-26)20(28)25-10-16(11-27)23-12-25/h1-9,11,16,23H,10,12H2. The van der Waals surface area contributed by atoms with Crippen molar-refractivity contribution >= 4 is 35.4 Å². The molecule has 1 saturated heterocycles. The molecule has 6 nitrogen and oxygen atoms in total. The van der Waals surface area contributed by atoms with Crippen molar-refractivity contribution in [3.05, 3.63) is 70.3 Å². The van der Waals surface area contributed by atoms with E-state index >= 15 is 0 Å². The van der Waals surface area contributed by atoms with Crippen molar-refractivity contribution in [1.29, 1.82) is 0 Å². The van der Waals surface area contributed by atoms with Crippen LogP contribution in [0.15, 0.2) is 54.6 Å². The Morgan fingerprint density at radius 3 is 2.57 bits per heavy atom. The van der Waals surface area contributed by atoms with Crippen molar-refractivity contribution in [2.75, 3.05) is 13.2 Å². The molecule has 2 heterocycles. The monoisotopic (exact) mass is 414 g/mol. The van der Waals surface area contributed by atoms with E-state index < -0.39 is 0 Å². The predicted molar refractivity (Wildman–Crippen MR) is 108 cm³/mol. The SMILES string of the molecule is O=CC1CN(C(=O)c2cc(-c3cccc(Cl)c3)n(-c3ccc(Cl)cc3)n2)CN1. The molecule has 28 heavy (non-hydrogen) atoms. The zero-order valence-corrected chi connectivity index (χ0v) is 16.2. The van der Waals surface area contributed by atoms with Crippen LogP contribution in [0.2, 0.25) is 10.0 Å². The molecule has 0 radical (unpaired) electrons. The minimum absolute atomic E-state index is 0.243. The molecule has 4 rings (SSSR count). The maximum Gasteiger partial charge on any atom is 0.275 e. The van der Waals surface area contributed by atoms with Gasteiger partial charge in [-0.15, -0.1) is 0 Å². The summed E-state index contributed by atoms with van der Waals surface area (Å²) in [5, 5.41) is 8.71. The van der Waals surface area contributed by atoms with Gasteiger partial charge in [-0.3, -0.25) is 10.1 Å². The Bertz CT molecular complexity index is 1030. The van der Waals surface area contributed by atoms with Gasteiger partial charge in [0.1, 0.15) is 6.29 Å². The lowest BCUT2D eigenvalue weighted by Gasteiger charge is -2.12. The summed E-state index contributed by atoms with van der Waals surface area (Å²) in [6.07, 6.45) is 0.803. The van der Waals surface area contributed by atoms with E-state index in [9.17, 15) is 9.59 Å². The summed E-state index contributed by atoms with van der Waals surface area (Å²) < 4.78 is 1.69. The second kappa shape index (κ2) is 7.75. The van der Waals surface area contributed by atoms with Crippen LogP contribution in [0, 0.1) is 0 Å². The lowest BCUT2D eigenvalue weighted by molar-refractivity contribution is -0.109. The zero-order chi connectivity index (χ0) is 19.7. The van der Waals surface area contributed by atoms with E-state index in [2.05, 4.69) is 10.4 Å². The van der Waals surface area contributed by atoms with E-state index in [-0.39, 0.29) is 11.9 Å². The zero-order valence-electron chi connectivity index (χ0n) is 14.7. The fourth-order valence-electron chi connectivity index (χ4n) is 3.12.